The van der Waals surface area contributed by atoms with Crippen LogP contribution in [0.15, 0.2) is 0 Å². The molecular weight excluding hydrogens is 354 g/mol. The summed E-state index contributed by atoms with van der Waals surface area (Å²) in [6, 6.07) is 0. The normalized spacial score (nSPS) is 42.1. The van der Waals surface area contributed by atoms with Gasteiger partial charge in [-0.15, -0.1) is 0 Å². The number of piperidine rings is 1. The molecule has 0 aromatic rings. The van der Waals surface area contributed by atoms with E-state index in [1.807, 2.05) is 4.90 Å². The van der Waals surface area contributed by atoms with Gasteiger partial charge >= 0.3 is 0 Å². The lowest BCUT2D eigenvalue weighted by Gasteiger charge is -2.59. The van der Waals surface area contributed by atoms with Gasteiger partial charge in [0.1, 0.15) is 5.54 Å². The zero-order valence-electron chi connectivity index (χ0n) is 18.1. The van der Waals surface area contributed by atoms with Crippen LogP contribution in [-0.4, -0.2) is 42.6 Å². The fraction of sp³-hybridized carbons (Fsp3) is 0.909. The minimum Gasteiger partial charge on any atom is -0.412 e. The molecule has 2 saturated carbocycles. The Morgan fingerprint density at radius 2 is 1.81 bits per heavy atom. The molecule has 0 N–H and O–H groups in total. The summed E-state index contributed by atoms with van der Waals surface area (Å²) < 4.78 is 6.93. The van der Waals surface area contributed by atoms with Crippen LogP contribution in [0.1, 0.15) is 79.1 Å². The Morgan fingerprint density at radius 1 is 1.11 bits per heavy atom. The highest BCUT2D eigenvalue weighted by molar-refractivity contribution is 6.74. The summed E-state index contributed by atoms with van der Waals surface area (Å²) in [7, 11) is -1.86. The number of carbonyl (C=O) groups is 2. The van der Waals surface area contributed by atoms with E-state index in [0.717, 1.165) is 45.1 Å². The summed E-state index contributed by atoms with van der Waals surface area (Å²) in [5.41, 5.74) is -0.578. The Bertz CT molecular complexity index is 684. The zero-order chi connectivity index (χ0) is 19.9. The number of Topliss-reactive ketones (excluding diaryl/α,β-unsaturated/α-hetero) is 1. The van der Waals surface area contributed by atoms with E-state index in [1.54, 1.807) is 0 Å². The van der Waals surface area contributed by atoms with Crippen molar-refractivity contribution in [2.75, 3.05) is 6.54 Å². The number of hydrogen-bond donors (Lipinski definition) is 0. The molecule has 4 nitrogen and oxygen atoms in total. The number of carbonyl (C=O) groups excluding carboxylic acids is 2. The van der Waals surface area contributed by atoms with Crippen LogP contribution in [0.3, 0.4) is 0 Å². The van der Waals surface area contributed by atoms with Gasteiger partial charge in [-0.2, -0.15) is 0 Å². The van der Waals surface area contributed by atoms with E-state index in [2.05, 4.69) is 40.8 Å². The molecule has 4 aliphatic rings. The predicted octanol–water partition coefficient (Wildman–Crippen LogP) is 4.68. The highest BCUT2D eigenvalue weighted by atomic mass is 28.4. The molecule has 1 amide bonds. The van der Waals surface area contributed by atoms with Gasteiger partial charge in [-0.25, -0.2) is 0 Å². The van der Waals surface area contributed by atoms with Crippen molar-refractivity contribution in [2.45, 2.75) is 108 Å². The van der Waals surface area contributed by atoms with Crippen molar-refractivity contribution < 1.29 is 14.0 Å². The van der Waals surface area contributed by atoms with Gasteiger partial charge in [0, 0.05) is 24.8 Å². The van der Waals surface area contributed by atoms with Gasteiger partial charge < -0.3 is 9.33 Å². The topological polar surface area (TPSA) is 46.6 Å². The first-order valence-electron chi connectivity index (χ1n) is 10.9. The first-order valence-corrected chi connectivity index (χ1v) is 13.8. The Hall–Kier alpha value is -0.683. The van der Waals surface area contributed by atoms with Crippen molar-refractivity contribution in [3.8, 4) is 0 Å². The molecule has 27 heavy (non-hydrogen) atoms. The fourth-order valence-electron chi connectivity index (χ4n) is 6.84. The second-order valence-corrected chi connectivity index (χ2v) is 16.2. The first kappa shape index (κ1) is 19.6. The lowest BCUT2D eigenvalue weighted by molar-refractivity contribution is -0.155. The molecule has 152 valence electrons. The van der Waals surface area contributed by atoms with Gasteiger partial charge in [0.2, 0.25) is 5.91 Å². The fourth-order valence-corrected chi connectivity index (χ4v) is 8.56. The van der Waals surface area contributed by atoms with Gasteiger partial charge in [-0.3, -0.25) is 9.59 Å². The van der Waals surface area contributed by atoms with Crippen molar-refractivity contribution in [1.82, 2.24) is 4.90 Å². The van der Waals surface area contributed by atoms with Crippen LogP contribution in [0.5, 0.6) is 0 Å². The molecule has 0 aromatic carbocycles. The van der Waals surface area contributed by atoms with E-state index >= 15 is 0 Å². The molecular formula is C22H37NO3Si. The maximum atomic E-state index is 13.3. The summed E-state index contributed by atoms with van der Waals surface area (Å²) in [5, 5.41) is 0.192. The molecule has 4 atom stereocenters. The summed E-state index contributed by atoms with van der Waals surface area (Å²) in [6.45, 7) is 14.6. The zero-order valence-corrected chi connectivity index (χ0v) is 19.1. The Kier molecular flexibility index (Phi) is 4.13. The van der Waals surface area contributed by atoms with Crippen LogP contribution in [-0.2, 0) is 14.0 Å². The molecule has 2 heterocycles. The van der Waals surface area contributed by atoms with Crippen LogP contribution in [0.2, 0.25) is 18.1 Å². The molecule has 2 spiro atoms. The van der Waals surface area contributed by atoms with Crippen molar-refractivity contribution in [2.24, 2.45) is 11.3 Å². The number of amides is 1. The number of nitrogens with zero attached hydrogens (tertiary/aromatic N) is 1. The highest BCUT2D eigenvalue weighted by Gasteiger charge is 2.72. The SMILES string of the molecule is CC(C)(C)[Si](C)(C)O[C@]1(C)CC[C@]23CCCN4C(=O)CC[C@@]42C(=O)C[C@@H]3C1. The van der Waals surface area contributed by atoms with Gasteiger partial charge in [-0.05, 0) is 69.5 Å². The lowest BCUT2D eigenvalue weighted by Crippen LogP contribution is -2.65. The second-order valence-electron chi connectivity index (χ2n) is 11.5. The molecule has 0 aromatic heterocycles. The summed E-state index contributed by atoms with van der Waals surface area (Å²) in [5.74, 6) is 0.950. The maximum Gasteiger partial charge on any atom is 0.223 e. The van der Waals surface area contributed by atoms with Crippen LogP contribution in [0.4, 0.5) is 0 Å². The average molecular weight is 392 g/mol. The third-order valence-electron chi connectivity index (χ3n) is 9.05. The average Bonchev–Trinajstić information content (AvgIpc) is 3.00. The summed E-state index contributed by atoms with van der Waals surface area (Å²) in [6.07, 6.45) is 7.19. The van der Waals surface area contributed by atoms with Gasteiger partial charge in [0.15, 0.2) is 14.1 Å². The largest absolute Gasteiger partial charge is 0.412 e. The van der Waals surface area contributed by atoms with Crippen molar-refractivity contribution in [1.29, 1.82) is 0 Å². The van der Waals surface area contributed by atoms with Crippen molar-refractivity contribution >= 4 is 20.0 Å². The number of ketones is 1. The molecule has 2 aliphatic heterocycles. The number of hydrogen-bond acceptors (Lipinski definition) is 3. The molecule has 0 radical (unpaired) electrons. The third kappa shape index (κ3) is 2.49. The van der Waals surface area contributed by atoms with E-state index in [1.165, 1.54) is 0 Å². The van der Waals surface area contributed by atoms with Crippen molar-refractivity contribution in [3.05, 3.63) is 0 Å². The minimum atomic E-state index is -1.86. The van der Waals surface area contributed by atoms with Crippen LogP contribution in [0, 0.1) is 11.3 Å². The maximum absolute atomic E-state index is 13.3. The van der Waals surface area contributed by atoms with Crippen LogP contribution < -0.4 is 0 Å². The van der Waals surface area contributed by atoms with Gasteiger partial charge in [0.25, 0.3) is 0 Å². The highest BCUT2D eigenvalue weighted by Crippen LogP contribution is 2.67. The van der Waals surface area contributed by atoms with Crippen LogP contribution >= 0.6 is 0 Å². The van der Waals surface area contributed by atoms with Crippen molar-refractivity contribution in [3.63, 3.8) is 0 Å². The first-order chi connectivity index (χ1) is 12.4. The molecule has 2 saturated heterocycles. The van der Waals surface area contributed by atoms with Crippen LogP contribution in [0.25, 0.3) is 0 Å². The molecule has 4 rings (SSSR count). The third-order valence-corrected chi connectivity index (χ3v) is 13.7. The minimum absolute atomic E-state index is 0.0186. The molecule has 5 heteroatoms. The smallest absolute Gasteiger partial charge is 0.223 e. The van der Waals surface area contributed by atoms with Gasteiger partial charge in [0.05, 0.1) is 5.60 Å². The number of rotatable bonds is 2. The van der Waals surface area contributed by atoms with E-state index in [-0.39, 0.29) is 22.0 Å². The predicted molar refractivity (Wildman–Crippen MR) is 109 cm³/mol. The lowest BCUT2D eigenvalue weighted by atomic mass is 9.54. The van der Waals surface area contributed by atoms with Gasteiger partial charge in [-0.1, -0.05) is 20.8 Å². The quantitative estimate of drug-likeness (QED) is 0.642. The molecule has 2 aliphatic carbocycles. The Balaban J connectivity index is 1.64. The standard InChI is InChI=1S/C22H37NO3Si/c1-19(2,3)27(5,6)26-20(4)11-12-21-9-7-13-23-18(25)8-10-22(21,23)17(24)14-16(21)15-20/h16H,7-15H2,1-6H3/t16-,20-,21+,22+/m1/s1. The molecule has 0 unspecified atom stereocenters. The van der Waals surface area contributed by atoms with E-state index in [4.69, 9.17) is 4.43 Å². The Morgan fingerprint density at radius 3 is 2.48 bits per heavy atom. The second kappa shape index (κ2) is 5.68. The summed E-state index contributed by atoms with van der Waals surface area (Å²) >= 11 is 0. The molecule has 0 bridgehead atoms. The monoisotopic (exact) mass is 391 g/mol. The van der Waals surface area contributed by atoms with E-state index in [9.17, 15) is 9.59 Å². The summed E-state index contributed by atoms with van der Waals surface area (Å²) in [4.78, 5) is 27.9. The van der Waals surface area contributed by atoms with E-state index < -0.39 is 13.9 Å². The Labute approximate surface area is 165 Å². The van der Waals surface area contributed by atoms with E-state index in [0.29, 0.717) is 24.5 Å². The molecule has 4 fully saturated rings.